The lowest BCUT2D eigenvalue weighted by atomic mass is 9.91. The molecule has 0 aliphatic carbocycles. The molecule has 0 aliphatic heterocycles. The topological polar surface area (TPSA) is 4.93 Å². The van der Waals surface area contributed by atoms with Gasteiger partial charge in [0.1, 0.15) is 0 Å². The molecule has 0 N–H and O–H groups in total. The quantitative estimate of drug-likeness (QED) is 0.202. The Labute approximate surface area is 235 Å². The average molecular weight is 526 g/mol. The summed E-state index contributed by atoms with van der Waals surface area (Å²) in [6.07, 6.45) is 0. The number of rotatable bonds is 3. The lowest BCUT2D eigenvalue weighted by Crippen LogP contribution is -1.98. The monoisotopic (exact) mass is 525 g/mol. The zero-order valence-corrected chi connectivity index (χ0v) is 22.5. The van der Waals surface area contributed by atoms with E-state index in [1.165, 1.54) is 80.7 Å². The zero-order chi connectivity index (χ0) is 26.2. The number of aromatic nitrogens is 1. The molecule has 2 heterocycles. The molecule has 0 amide bonds. The molecule has 0 unspecified atom stereocenters. The van der Waals surface area contributed by atoms with Crippen molar-refractivity contribution in [3.8, 4) is 27.9 Å². The first kappa shape index (κ1) is 22.0. The Bertz CT molecular complexity index is 2360. The van der Waals surface area contributed by atoms with Gasteiger partial charge in [-0.25, -0.2) is 0 Å². The third-order valence-electron chi connectivity index (χ3n) is 8.33. The Morgan fingerprint density at radius 1 is 0.425 bits per heavy atom. The summed E-state index contributed by atoms with van der Waals surface area (Å²) in [6.45, 7) is 0. The summed E-state index contributed by atoms with van der Waals surface area (Å²) in [4.78, 5) is 0. The molecule has 0 spiro atoms. The van der Waals surface area contributed by atoms with Crippen LogP contribution in [0.15, 0.2) is 140 Å². The van der Waals surface area contributed by atoms with E-state index in [0.29, 0.717) is 0 Å². The van der Waals surface area contributed by atoms with E-state index < -0.39 is 0 Å². The third kappa shape index (κ3) is 3.03. The van der Waals surface area contributed by atoms with Crippen LogP contribution in [0.1, 0.15) is 0 Å². The lowest BCUT2D eigenvalue weighted by Gasteiger charge is -2.16. The molecular formula is C38H23NS. The van der Waals surface area contributed by atoms with Gasteiger partial charge in [-0.2, -0.15) is 0 Å². The van der Waals surface area contributed by atoms with Crippen LogP contribution in [-0.4, -0.2) is 4.57 Å². The Morgan fingerprint density at radius 3 is 1.93 bits per heavy atom. The molecule has 2 heteroatoms. The first-order chi connectivity index (χ1) is 19.8. The van der Waals surface area contributed by atoms with Crippen LogP contribution >= 0.6 is 11.3 Å². The van der Waals surface area contributed by atoms with Crippen molar-refractivity contribution in [2.75, 3.05) is 0 Å². The van der Waals surface area contributed by atoms with Crippen molar-refractivity contribution < 1.29 is 0 Å². The fraction of sp³-hybridized carbons (Fsp3) is 0. The first-order valence-electron chi connectivity index (χ1n) is 13.7. The molecule has 0 saturated heterocycles. The van der Waals surface area contributed by atoms with Crippen LogP contribution in [0.2, 0.25) is 0 Å². The van der Waals surface area contributed by atoms with Gasteiger partial charge in [-0.1, -0.05) is 97.1 Å². The Morgan fingerprint density at radius 2 is 1.10 bits per heavy atom. The molecule has 9 aromatic rings. The fourth-order valence-electron chi connectivity index (χ4n) is 6.65. The Kier molecular flexibility index (Phi) is 4.55. The highest BCUT2D eigenvalue weighted by Crippen LogP contribution is 2.48. The van der Waals surface area contributed by atoms with Crippen LogP contribution < -0.4 is 0 Å². The van der Waals surface area contributed by atoms with Crippen LogP contribution in [0, 0.1) is 0 Å². The summed E-state index contributed by atoms with van der Waals surface area (Å²) in [5.41, 5.74) is 8.62. The molecule has 0 atom stereocenters. The largest absolute Gasteiger partial charge is 0.309 e. The zero-order valence-electron chi connectivity index (χ0n) is 21.6. The van der Waals surface area contributed by atoms with Gasteiger partial charge < -0.3 is 4.57 Å². The minimum Gasteiger partial charge on any atom is -0.309 e. The van der Waals surface area contributed by atoms with E-state index in [0.717, 1.165) is 0 Å². The number of hydrogen-bond donors (Lipinski definition) is 0. The molecule has 7 aromatic carbocycles. The smallest absolute Gasteiger partial charge is 0.0555 e. The predicted molar refractivity (Wildman–Crippen MR) is 173 cm³/mol. The van der Waals surface area contributed by atoms with Crippen molar-refractivity contribution in [2.24, 2.45) is 0 Å². The molecule has 0 fully saturated rings. The maximum Gasteiger partial charge on any atom is 0.0555 e. The third-order valence-corrected chi connectivity index (χ3v) is 9.45. The molecule has 1 nitrogen and oxygen atoms in total. The van der Waals surface area contributed by atoms with Gasteiger partial charge in [-0.05, 0) is 75.5 Å². The van der Waals surface area contributed by atoms with Crippen molar-refractivity contribution in [1.29, 1.82) is 0 Å². The maximum atomic E-state index is 2.50. The molecule has 0 bridgehead atoms. The predicted octanol–water partition coefficient (Wildman–Crippen LogP) is 11.1. The minimum atomic E-state index is 1.17. The second kappa shape index (κ2) is 8.29. The molecule has 2 aromatic heterocycles. The highest BCUT2D eigenvalue weighted by Gasteiger charge is 2.21. The van der Waals surface area contributed by atoms with Crippen molar-refractivity contribution in [1.82, 2.24) is 4.57 Å². The highest BCUT2D eigenvalue weighted by atomic mass is 32.1. The number of thiophene rings is 1. The summed E-state index contributed by atoms with van der Waals surface area (Å²) >= 11 is 1.90. The average Bonchev–Trinajstić information content (AvgIpc) is 3.35. The first-order valence-corrected chi connectivity index (χ1v) is 14.5. The summed E-state index contributed by atoms with van der Waals surface area (Å²) in [6, 6.07) is 51.1. The van der Waals surface area contributed by atoms with Crippen molar-refractivity contribution in [3.63, 3.8) is 0 Å². The van der Waals surface area contributed by atoms with E-state index in [1.54, 1.807) is 0 Å². The van der Waals surface area contributed by atoms with Crippen molar-refractivity contribution in [3.05, 3.63) is 140 Å². The summed E-state index contributed by atoms with van der Waals surface area (Å²) in [5.74, 6) is 0. The molecule has 0 radical (unpaired) electrons. The highest BCUT2D eigenvalue weighted by molar-refractivity contribution is 7.26. The number of hydrogen-bond acceptors (Lipinski definition) is 1. The molecule has 9 rings (SSSR count). The van der Waals surface area contributed by atoms with E-state index in [1.807, 2.05) is 11.3 Å². The van der Waals surface area contributed by atoms with Gasteiger partial charge in [0.25, 0.3) is 0 Å². The summed E-state index contributed by atoms with van der Waals surface area (Å²) < 4.78 is 5.17. The van der Waals surface area contributed by atoms with Gasteiger partial charge in [-0.3, -0.25) is 0 Å². The maximum absolute atomic E-state index is 2.50. The number of nitrogens with zero attached hydrogens (tertiary/aromatic N) is 1. The Hall–Kier alpha value is -4.92. The molecule has 0 saturated carbocycles. The van der Waals surface area contributed by atoms with Gasteiger partial charge in [0.2, 0.25) is 0 Å². The second-order valence-corrected chi connectivity index (χ2v) is 11.6. The van der Waals surface area contributed by atoms with Gasteiger partial charge in [0.15, 0.2) is 0 Å². The summed E-state index contributed by atoms with van der Waals surface area (Å²) in [5, 5.41) is 8.00. The van der Waals surface area contributed by atoms with Crippen molar-refractivity contribution >= 4 is 64.1 Å². The van der Waals surface area contributed by atoms with Crippen LogP contribution in [-0.2, 0) is 0 Å². The van der Waals surface area contributed by atoms with Gasteiger partial charge in [0.05, 0.1) is 11.0 Å². The molecular weight excluding hydrogens is 502 g/mol. The lowest BCUT2D eigenvalue weighted by molar-refractivity contribution is 1.17. The van der Waals surface area contributed by atoms with Gasteiger partial charge >= 0.3 is 0 Å². The van der Waals surface area contributed by atoms with Crippen LogP contribution in [0.5, 0.6) is 0 Å². The summed E-state index contributed by atoms with van der Waals surface area (Å²) in [7, 11) is 0. The van der Waals surface area contributed by atoms with Crippen molar-refractivity contribution in [2.45, 2.75) is 0 Å². The van der Waals surface area contributed by atoms with E-state index >= 15 is 0 Å². The fourth-order valence-corrected chi connectivity index (χ4v) is 7.78. The standard InChI is InChI=1S/C38H23NS/c1-3-10-24(11-4-1)26-14-7-15-28(22-26)39-31-17-8-16-29-30(25-12-5-2-6-13-25)23-27-20-21-34-38(35(27)36(29)31)37-32(39)18-9-19-33(37)40-34/h1-23H. The molecule has 0 aliphatic rings. The normalized spacial score (nSPS) is 12.0. The van der Waals surface area contributed by atoms with Gasteiger partial charge in [0, 0.05) is 36.6 Å². The molecule has 40 heavy (non-hydrogen) atoms. The van der Waals surface area contributed by atoms with Gasteiger partial charge in [-0.15, -0.1) is 11.3 Å². The SMILES string of the molecule is c1ccc(-c2cccc(-n3c4cccc5sc6ccc7cc(-c8ccccc8)c8cccc3c8c7c6c54)c2)cc1. The van der Waals surface area contributed by atoms with Crippen LogP contribution in [0.3, 0.4) is 0 Å². The molecule has 186 valence electrons. The van der Waals surface area contributed by atoms with E-state index in [2.05, 4.69) is 144 Å². The van der Waals surface area contributed by atoms with Crippen LogP contribution in [0.25, 0.3) is 80.7 Å². The number of benzene rings is 7. The Balaban J connectivity index is 1.53. The minimum absolute atomic E-state index is 1.17. The van der Waals surface area contributed by atoms with E-state index in [9.17, 15) is 0 Å². The van der Waals surface area contributed by atoms with E-state index in [-0.39, 0.29) is 0 Å². The second-order valence-electron chi connectivity index (χ2n) is 10.5. The van der Waals surface area contributed by atoms with E-state index in [4.69, 9.17) is 0 Å². The van der Waals surface area contributed by atoms with Crippen LogP contribution in [0.4, 0.5) is 0 Å².